The molecule has 0 aromatic carbocycles. The minimum absolute atomic E-state index is 0.0232. The van der Waals surface area contributed by atoms with Crippen LogP contribution in [0.4, 0.5) is 0 Å². The van der Waals surface area contributed by atoms with Gasteiger partial charge in [-0.1, -0.05) is 0 Å². The fraction of sp³-hybridized carbons (Fsp3) is 0.200. The lowest BCUT2D eigenvalue weighted by Gasteiger charge is -2.04. The van der Waals surface area contributed by atoms with Gasteiger partial charge in [0.1, 0.15) is 10.7 Å². The Morgan fingerprint density at radius 3 is 2.94 bits per heavy atom. The van der Waals surface area contributed by atoms with E-state index in [-0.39, 0.29) is 5.56 Å². The van der Waals surface area contributed by atoms with Gasteiger partial charge in [-0.05, 0) is 41.7 Å². The summed E-state index contributed by atoms with van der Waals surface area (Å²) in [6.07, 6.45) is 0. The molecule has 0 saturated heterocycles. The van der Waals surface area contributed by atoms with E-state index in [0.29, 0.717) is 10.5 Å². The summed E-state index contributed by atoms with van der Waals surface area (Å²) in [5, 5.41) is 3.19. The number of aromatic nitrogens is 4. The van der Waals surface area contributed by atoms with Gasteiger partial charge in [0, 0.05) is 7.05 Å². The topological polar surface area (TPSA) is 60.7 Å². The summed E-state index contributed by atoms with van der Waals surface area (Å²) in [5.41, 5.74) is -0.0232. The number of nitrogens with zero attached hydrogens (tertiary/aromatic N) is 4. The molecule has 0 aliphatic carbocycles. The fourth-order valence-corrected chi connectivity index (χ4v) is 3.88. The largest absolute Gasteiger partial charge is 0.290 e. The molecule has 3 rings (SSSR count). The molecule has 0 atom stereocenters. The van der Waals surface area contributed by atoms with Gasteiger partial charge < -0.3 is 0 Å². The van der Waals surface area contributed by atoms with Crippen LogP contribution in [0.1, 0.15) is 5.82 Å². The predicted molar refractivity (Wildman–Crippen MR) is 73.6 cm³/mol. The van der Waals surface area contributed by atoms with Crippen LogP contribution >= 0.6 is 34.6 Å². The normalized spacial score (nSPS) is 11.2. The molecule has 5 nitrogen and oxygen atoms in total. The maximum Gasteiger partial charge on any atom is 0.262 e. The smallest absolute Gasteiger partial charge is 0.262 e. The summed E-state index contributed by atoms with van der Waals surface area (Å²) >= 11 is 4.16. The predicted octanol–water partition coefficient (Wildman–Crippen LogP) is 2.31. The molecule has 3 heterocycles. The van der Waals surface area contributed by atoms with Crippen LogP contribution < -0.4 is 5.56 Å². The molecule has 18 heavy (non-hydrogen) atoms. The van der Waals surface area contributed by atoms with Gasteiger partial charge in [-0.3, -0.25) is 9.36 Å². The van der Waals surface area contributed by atoms with E-state index in [1.165, 1.54) is 34.6 Å². The van der Waals surface area contributed by atoms with Crippen molar-refractivity contribution in [1.29, 1.82) is 0 Å². The Morgan fingerprint density at radius 1 is 1.39 bits per heavy atom. The average Bonchev–Trinajstić information content (AvgIpc) is 2.95. The van der Waals surface area contributed by atoms with E-state index in [0.717, 1.165) is 15.0 Å². The average molecular weight is 296 g/mol. The fourth-order valence-electron chi connectivity index (χ4n) is 1.47. The van der Waals surface area contributed by atoms with Crippen LogP contribution in [-0.2, 0) is 7.05 Å². The lowest BCUT2D eigenvalue weighted by Crippen LogP contribution is -2.18. The molecule has 3 aromatic rings. The molecular formula is C10H8N4OS3. The summed E-state index contributed by atoms with van der Waals surface area (Å²) in [6, 6.07) is 1.80. The van der Waals surface area contributed by atoms with Crippen molar-refractivity contribution >= 4 is 44.8 Å². The van der Waals surface area contributed by atoms with Gasteiger partial charge in [-0.15, -0.1) is 11.3 Å². The Balaban J connectivity index is 2.11. The molecule has 0 unspecified atom stereocenters. The molecule has 0 aliphatic heterocycles. The Kier molecular flexibility index (Phi) is 2.92. The zero-order valence-corrected chi connectivity index (χ0v) is 12.0. The van der Waals surface area contributed by atoms with E-state index in [1.807, 2.05) is 12.3 Å². The number of hydrogen-bond donors (Lipinski definition) is 0. The number of thiophene rings is 1. The molecule has 0 spiro atoms. The monoisotopic (exact) mass is 296 g/mol. The molecule has 8 heteroatoms. The van der Waals surface area contributed by atoms with E-state index in [4.69, 9.17) is 0 Å². The minimum Gasteiger partial charge on any atom is -0.290 e. The van der Waals surface area contributed by atoms with Gasteiger partial charge in [-0.25, -0.2) is 9.97 Å². The van der Waals surface area contributed by atoms with Crippen molar-refractivity contribution in [2.75, 3.05) is 0 Å². The van der Waals surface area contributed by atoms with Crippen molar-refractivity contribution in [1.82, 2.24) is 18.9 Å². The first kappa shape index (κ1) is 11.8. The quantitative estimate of drug-likeness (QED) is 0.679. The molecule has 0 saturated carbocycles. The third kappa shape index (κ3) is 1.96. The van der Waals surface area contributed by atoms with Crippen LogP contribution in [0, 0.1) is 6.92 Å². The van der Waals surface area contributed by atoms with Crippen LogP contribution in [0.5, 0.6) is 0 Å². The maximum absolute atomic E-state index is 12.1. The van der Waals surface area contributed by atoms with Gasteiger partial charge in [-0.2, -0.15) is 4.37 Å². The Labute approximate surface area is 115 Å². The van der Waals surface area contributed by atoms with Crippen molar-refractivity contribution in [3.8, 4) is 0 Å². The standard InChI is InChI=1S/C10H8N4OS3/c1-5-11-10(18-13-5)17-9-12-7-6(3-4-16-7)8(15)14(9)2/h3-4H,1-2H3. The van der Waals surface area contributed by atoms with Gasteiger partial charge in [0.25, 0.3) is 5.56 Å². The molecule has 92 valence electrons. The first-order valence-electron chi connectivity index (χ1n) is 5.07. The molecular weight excluding hydrogens is 288 g/mol. The highest BCUT2D eigenvalue weighted by molar-refractivity contribution is 8.00. The molecule has 0 amide bonds. The Hall–Kier alpha value is -1.25. The first-order chi connectivity index (χ1) is 8.65. The molecule has 0 bridgehead atoms. The third-order valence-electron chi connectivity index (χ3n) is 2.35. The van der Waals surface area contributed by atoms with Crippen LogP contribution in [-0.4, -0.2) is 18.9 Å². The van der Waals surface area contributed by atoms with E-state index in [9.17, 15) is 4.79 Å². The summed E-state index contributed by atoms with van der Waals surface area (Å²) in [7, 11) is 1.72. The molecule has 3 aromatic heterocycles. The van der Waals surface area contributed by atoms with Crippen LogP contribution in [0.25, 0.3) is 10.2 Å². The Bertz CT molecular complexity index is 773. The van der Waals surface area contributed by atoms with Crippen LogP contribution in [0.2, 0.25) is 0 Å². The summed E-state index contributed by atoms with van der Waals surface area (Å²) < 4.78 is 6.46. The molecule has 0 fully saturated rings. The highest BCUT2D eigenvalue weighted by Gasteiger charge is 2.12. The highest BCUT2D eigenvalue weighted by Crippen LogP contribution is 2.28. The second kappa shape index (κ2) is 4.45. The van der Waals surface area contributed by atoms with Crippen molar-refractivity contribution in [3.05, 3.63) is 27.6 Å². The van der Waals surface area contributed by atoms with Gasteiger partial charge >= 0.3 is 0 Å². The summed E-state index contributed by atoms with van der Waals surface area (Å²) in [4.78, 5) is 21.6. The van der Waals surface area contributed by atoms with Gasteiger partial charge in [0.05, 0.1) is 5.39 Å². The second-order valence-electron chi connectivity index (χ2n) is 3.61. The van der Waals surface area contributed by atoms with Crippen molar-refractivity contribution in [2.45, 2.75) is 16.4 Å². The lowest BCUT2D eigenvalue weighted by molar-refractivity contribution is 0.728. The SMILES string of the molecule is Cc1nsc(Sc2nc3sccc3c(=O)n2C)n1. The zero-order valence-electron chi connectivity index (χ0n) is 9.58. The van der Waals surface area contributed by atoms with E-state index in [1.54, 1.807) is 17.7 Å². The number of hydrogen-bond acceptors (Lipinski definition) is 7. The molecule has 0 N–H and O–H groups in total. The van der Waals surface area contributed by atoms with E-state index in [2.05, 4.69) is 14.3 Å². The van der Waals surface area contributed by atoms with Crippen LogP contribution in [0.15, 0.2) is 25.7 Å². The Morgan fingerprint density at radius 2 is 2.22 bits per heavy atom. The van der Waals surface area contributed by atoms with E-state index < -0.39 is 0 Å². The summed E-state index contributed by atoms with van der Waals surface area (Å²) in [5.74, 6) is 0.740. The zero-order chi connectivity index (χ0) is 12.7. The summed E-state index contributed by atoms with van der Waals surface area (Å²) in [6.45, 7) is 1.84. The number of aryl methyl sites for hydroxylation is 1. The highest BCUT2D eigenvalue weighted by atomic mass is 32.2. The molecule has 0 radical (unpaired) electrons. The van der Waals surface area contributed by atoms with E-state index >= 15 is 0 Å². The first-order valence-corrected chi connectivity index (χ1v) is 7.54. The number of fused-ring (bicyclic) bond motifs is 1. The second-order valence-corrected chi connectivity index (χ2v) is 6.47. The minimum atomic E-state index is -0.0232. The number of rotatable bonds is 2. The lowest BCUT2D eigenvalue weighted by atomic mass is 10.4. The van der Waals surface area contributed by atoms with Crippen molar-refractivity contribution < 1.29 is 0 Å². The van der Waals surface area contributed by atoms with Gasteiger partial charge in [0.2, 0.25) is 0 Å². The molecule has 0 aliphatic rings. The maximum atomic E-state index is 12.1. The van der Waals surface area contributed by atoms with Crippen molar-refractivity contribution in [3.63, 3.8) is 0 Å². The van der Waals surface area contributed by atoms with Gasteiger partial charge in [0.15, 0.2) is 9.50 Å². The van der Waals surface area contributed by atoms with Crippen LogP contribution in [0.3, 0.4) is 0 Å². The van der Waals surface area contributed by atoms with Crippen molar-refractivity contribution in [2.24, 2.45) is 7.05 Å². The third-order valence-corrected chi connectivity index (χ3v) is 5.05.